The third kappa shape index (κ3) is 2.91. The summed E-state index contributed by atoms with van der Waals surface area (Å²) >= 11 is 0. The quantitative estimate of drug-likeness (QED) is 0.835. The normalized spacial score (nSPS) is 26.0. The van der Waals surface area contributed by atoms with Crippen LogP contribution in [-0.2, 0) is 13.5 Å². The minimum Gasteiger partial charge on any atom is -0.389 e. The Kier molecular flexibility index (Phi) is 4.13. The van der Waals surface area contributed by atoms with E-state index in [4.69, 9.17) is 0 Å². The summed E-state index contributed by atoms with van der Waals surface area (Å²) < 4.78 is 2.00. The van der Waals surface area contributed by atoms with Gasteiger partial charge in [-0.15, -0.1) is 0 Å². The highest BCUT2D eigenvalue weighted by atomic mass is 16.3. The Balaban J connectivity index is 1.64. The van der Waals surface area contributed by atoms with Gasteiger partial charge in [0.2, 0.25) is 0 Å². The molecule has 1 saturated carbocycles. The molecule has 0 radical (unpaired) electrons. The van der Waals surface area contributed by atoms with E-state index in [9.17, 15) is 5.11 Å². The van der Waals surface area contributed by atoms with E-state index in [1.54, 1.807) is 0 Å². The van der Waals surface area contributed by atoms with Crippen molar-refractivity contribution >= 4 is 0 Å². The van der Waals surface area contributed by atoms with Crippen LogP contribution in [-0.4, -0.2) is 27.0 Å². The van der Waals surface area contributed by atoms with Crippen LogP contribution in [0.5, 0.6) is 0 Å². The zero-order chi connectivity index (χ0) is 14.0. The molecule has 1 atom stereocenters. The molecule has 0 aliphatic heterocycles. The molecular formula is C16H27N3O. The van der Waals surface area contributed by atoms with E-state index in [1.165, 1.54) is 43.4 Å². The molecule has 0 aromatic carbocycles. The topological polar surface area (TPSA) is 50.1 Å². The first-order valence-corrected chi connectivity index (χ1v) is 8.14. The maximum atomic E-state index is 10.8. The zero-order valence-corrected chi connectivity index (χ0v) is 12.6. The Bertz CT molecular complexity index is 447. The Labute approximate surface area is 121 Å². The number of aliphatic hydroxyl groups is 1. The SMILES string of the molecule is Cn1ncc2c1CCCC2NCC1(O)CCCCCC1. The monoisotopic (exact) mass is 277 g/mol. The Morgan fingerprint density at radius 2 is 2.05 bits per heavy atom. The summed E-state index contributed by atoms with van der Waals surface area (Å²) in [7, 11) is 2.03. The molecule has 0 amide bonds. The lowest BCUT2D eigenvalue weighted by atomic mass is 9.90. The molecule has 112 valence electrons. The molecule has 1 heterocycles. The first-order chi connectivity index (χ1) is 9.68. The standard InChI is InChI=1S/C16H27N3O/c1-19-15-8-6-7-14(13(15)11-18-19)17-12-16(20)9-4-2-3-5-10-16/h11,14,17,20H,2-10,12H2,1H3. The highest BCUT2D eigenvalue weighted by molar-refractivity contribution is 5.24. The average molecular weight is 277 g/mol. The van der Waals surface area contributed by atoms with Gasteiger partial charge in [0.25, 0.3) is 0 Å². The van der Waals surface area contributed by atoms with Crippen LogP contribution in [0.25, 0.3) is 0 Å². The predicted molar refractivity (Wildman–Crippen MR) is 79.5 cm³/mol. The Hall–Kier alpha value is -0.870. The van der Waals surface area contributed by atoms with Crippen molar-refractivity contribution in [1.82, 2.24) is 15.1 Å². The van der Waals surface area contributed by atoms with Crippen molar-refractivity contribution in [3.05, 3.63) is 17.5 Å². The number of aryl methyl sites for hydroxylation is 1. The molecule has 2 N–H and O–H groups in total. The van der Waals surface area contributed by atoms with Crippen molar-refractivity contribution in [2.45, 2.75) is 69.4 Å². The number of nitrogens with one attached hydrogen (secondary N) is 1. The summed E-state index contributed by atoms with van der Waals surface area (Å²) in [4.78, 5) is 0. The number of nitrogens with zero attached hydrogens (tertiary/aromatic N) is 2. The van der Waals surface area contributed by atoms with Gasteiger partial charge in [-0.1, -0.05) is 25.7 Å². The number of hydrogen-bond acceptors (Lipinski definition) is 3. The van der Waals surface area contributed by atoms with Gasteiger partial charge in [-0.05, 0) is 32.1 Å². The van der Waals surface area contributed by atoms with Gasteiger partial charge in [0.05, 0.1) is 11.8 Å². The molecule has 2 aliphatic carbocycles. The third-order valence-corrected chi connectivity index (χ3v) is 5.09. The summed E-state index contributed by atoms with van der Waals surface area (Å²) in [5.74, 6) is 0. The van der Waals surface area contributed by atoms with Crippen molar-refractivity contribution in [2.24, 2.45) is 7.05 Å². The molecule has 1 aromatic heterocycles. The minimum atomic E-state index is -0.490. The number of aromatic nitrogens is 2. The van der Waals surface area contributed by atoms with Crippen LogP contribution >= 0.6 is 0 Å². The largest absolute Gasteiger partial charge is 0.389 e. The third-order valence-electron chi connectivity index (χ3n) is 5.09. The molecule has 2 aliphatic rings. The van der Waals surface area contributed by atoms with E-state index in [0.29, 0.717) is 6.04 Å². The fraction of sp³-hybridized carbons (Fsp3) is 0.812. The molecule has 0 spiro atoms. The molecule has 1 fully saturated rings. The predicted octanol–water partition coefficient (Wildman–Crippen LogP) is 2.47. The molecule has 3 rings (SSSR count). The first kappa shape index (κ1) is 14.1. The average Bonchev–Trinajstić information content (AvgIpc) is 2.69. The summed E-state index contributed by atoms with van der Waals surface area (Å²) in [6.45, 7) is 0.728. The summed E-state index contributed by atoms with van der Waals surface area (Å²) in [5, 5.41) is 18.8. The summed E-state index contributed by atoms with van der Waals surface area (Å²) in [6, 6.07) is 0.375. The highest BCUT2D eigenvalue weighted by Crippen LogP contribution is 2.31. The van der Waals surface area contributed by atoms with Crippen molar-refractivity contribution in [1.29, 1.82) is 0 Å². The van der Waals surface area contributed by atoms with Crippen LogP contribution in [0.1, 0.15) is 68.7 Å². The van der Waals surface area contributed by atoms with Gasteiger partial charge >= 0.3 is 0 Å². The van der Waals surface area contributed by atoms with Crippen LogP contribution < -0.4 is 5.32 Å². The van der Waals surface area contributed by atoms with Crippen LogP contribution in [0, 0.1) is 0 Å². The van der Waals surface area contributed by atoms with E-state index < -0.39 is 5.60 Å². The van der Waals surface area contributed by atoms with Crippen LogP contribution in [0.4, 0.5) is 0 Å². The van der Waals surface area contributed by atoms with E-state index in [-0.39, 0.29) is 0 Å². The lowest BCUT2D eigenvalue weighted by Gasteiger charge is -2.31. The smallest absolute Gasteiger partial charge is 0.0771 e. The van der Waals surface area contributed by atoms with Crippen LogP contribution in [0.15, 0.2) is 6.20 Å². The molecule has 4 heteroatoms. The number of rotatable bonds is 3. The number of hydrogen-bond donors (Lipinski definition) is 2. The first-order valence-electron chi connectivity index (χ1n) is 8.14. The van der Waals surface area contributed by atoms with Crippen molar-refractivity contribution in [2.75, 3.05) is 6.54 Å². The summed E-state index contributed by atoms with van der Waals surface area (Å²) in [6.07, 6.45) is 12.3. The molecular weight excluding hydrogens is 250 g/mol. The second-order valence-electron chi connectivity index (χ2n) is 6.63. The van der Waals surface area contributed by atoms with Gasteiger partial charge in [-0.3, -0.25) is 4.68 Å². The Morgan fingerprint density at radius 3 is 2.80 bits per heavy atom. The maximum absolute atomic E-state index is 10.8. The molecule has 0 bridgehead atoms. The van der Waals surface area contributed by atoms with Gasteiger partial charge in [-0.25, -0.2) is 0 Å². The second kappa shape index (κ2) is 5.86. The molecule has 20 heavy (non-hydrogen) atoms. The van der Waals surface area contributed by atoms with Crippen LogP contribution in [0.2, 0.25) is 0 Å². The lowest BCUT2D eigenvalue weighted by Crippen LogP contribution is -2.42. The van der Waals surface area contributed by atoms with Gasteiger partial charge in [0.15, 0.2) is 0 Å². The van der Waals surface area contributed by atoms with E-state index in [1.807, 2.05) is 17.9 Å². The molecule has 1 aromatic rings. The van der Waals surface area contributed by atoms with Gasteiger partial charge in [-0.2, -0.15) is 5.10 Å². The van der Waals surface area contributed by atoms with E-state index in [0.717, 1.165) is 32.2 Å². The minimum absolute atomic E-state index is 0.375. The van der Waals surface area contributed by atoms with Crippen molar-refractivity contribution < 1.29 is 5.11 Å². The van der Waals surface area contributed by atoms with Gasteiger partial charge in [0, 0.05) is 30.9 Å². The maximum Gasteiger partial charge on any atom is 0.0771 e. The van der Waals surface area contributed by atoms with Crippen molar-refractivity contribution in [3.63, 3.8) is 0 Å². The molecule has 4 nitrogen and oxygen atoms in total. The molecule has 0 saturated heterocycles. The van der Waals surface area contributed by atoms with Gasteiger partial charge < -0.3 is 10.4 Å². The lowest BCUT2D eigenvalue weighted by molar-refractivity contribution is 0.0221. The fourth-order valence-electron chi connectivity index (χ4n) is 3.79. The fourth-order valence-corrected chi connectivity index (χ4v) is 3.79. The van der Waals surface area contributed by atoms with Crippen molar-refractivity contribution in [3.8, 4) is 0 Å². The van der Waals surface area contributed by atoms with Gasteiger partial charge in [0.1, 0.15) is 0 Å². The number of fused-ring (bicyclic) bond motifs is 1. The van der Waals surface area contributed by atoms with E-state index in [2.05, 4.69) is 10.4 Å². The Morgan fingerprint density at radius 1 is 1.30 bits per heavy atom. The second-order valence-corrected chi connectivity index (χ2v) is 6.63. The molecule has 1 unspecified atom stereocenters. The highest BCUT2D eigenvalue weighted by Gasteiger charge is 2.30. The summed E-state index contributed by atoms with van der Waals surface area (Å²) in [5.41, 5.74) is 2.22. The van der Waals surface area contributed by atoms with Crippen LogP contribution in [0.3, 0.4) is 0 Å². The van der Waals surface area contributed by atoms with E-state index >= 15 is 0 Å². The zero-order valence-electron chi connectivity index (χ0n) is 12.6.